The van der Waals surface area contributed by atoms with E-state index >= 15 is 0 Å². The summed E-state index contributed by atoms with van der Waals surface area (Å²) in [6.07, 6.45) is 3.32. The number of urea groups is 2. The van der Waals surface area contributed by atoms with Gasteiger partial charge in [0.25, 0.3) is 0 Å². The quantitative estimate of drug-likeness (QED) is 0.171. The van der Waals surface area contributed by atoms with Crippen LogP contribution in [-0.2, 0) is 9.59 Å². The number of hydrogen-bond acceptors (Lipinski definition) is 6. The van der Waals surface area contributed by atoms with Crippen molar-refractivity contribution in [3.8, 4) is 11.5 Å². The van der Waals surface area contributed by atoms with E-state index in [4.69, 9.17) is 19.7 Å². The zero-order chi connectivity index (χ0) is 29.8. The van der Waals surface area contributed by atoms with E-state index in [2.05, 4.69) is 21.3 Å². The van der Waals surface area contributed by atoms with Gasteiger partial charge in [0.1, 0.15) is 11.5 Å². The van der Waals surface area contributed by atoms with E-state index in [1.54, 1.807) is 48.5 Å². The highest BCUT2D eigenvalue weighted by atomic mass is 16.5. The van der Waals surface area contributed by atoms with Crippen LogP contribution in [0.25, 0.3) is 0 Å². The number of carbonyl (C=O) groups excluding carboxylic acids is 2. The summed E-state index contributed by atoms with van der Waals surface area (Å²) in [5, 5.41) is 29.2. The number of ether oxygens (including phenoxy) is 2. The predicted molar refractivity (Wildman–Crippen MR) is 150 cm³/mol. The van der Waals surface area contributed by atoms with Crippen molar-refractivity contribution >= 4 is 35.4 Å². The van der Waals surface area contributed by atoms with Gasteiger partial charge in [-0.25, -0.2) is 19.2 Å². The molecule has 6 N–H and O–H groups in total. The highest BCUT2D eigenvalue weighted by Gasteiger charge is 2.30. The normalized spacial score (nSPS) is 11.2. The number of carboxylic acid groups (broad SMARTS) is 2. The maximum Gasteiger partial charge on any atom is 0.347 e. The lowest BCUT2D eigenvalue weighted by atomic mass is 10.1. The van der Waals surface area contributed by atoms with Crippen molar-refractivity contribution in [1.82, 2.24) is 10.6 Å². The second kappa shape index (κ2) is 14.6. The molecular weight excluding hydrogens is 520 g/mol. The molecule has 0 aliphatic carbocycles. The number of hydrogen-bond donors (Lipinski definition) is 6. The van der Waals surface area contributed by atoms with Gasteiger partial charge in [-0.15, -0.1) is 0 Å². The predicted octanol–water partition coefficient (Wildman–Crippen LogP) is 4.67. The van der Waals surface area contributed by atoms with E-state index in [9.17, 15) is 19.2 Å². The molecule has 0 fully saturated rings. The molecule has 12 heteroatoms. The van der Waals surface area contributed by atoms with Crippen LogP contribution in [0, 0.1) is 0 Å². The Bertz CT molecular complexity index is 1060. The van der Waals surface area contributed by atoms with Crippen molar-refractivity contribution in [3.63, 3.8) is 0 Å². The fourth-order valence-electron chi connectivity index (χ4n) is 3.25. The third-order valence-electron chi connectivity index (χ3n) is 5.68. The van der Waals surface area contributed by atoms with Crippen LogP contribution in [0.3, 0.4) is 0 Å². The number of rotatable bonds is 15. The lowest BCUT2D eigenvalue weighted by molar-refractivity contribution is -0.152. The molecular formula is C28H38N4O8. The second-order valence-corrected chi connectivity index (χ2v) is 10.1. The molecule has 0 bridgehead atoms. The van der Waals surface area contributed by atoms with Crippen molar-refractivity contribution in [2.45, 2.75) is 64.6 Å². The van der Waals surface area contributed by atoms with E-state index in [1.807, 2.05) is 0 Å². The number of benzene rings is 2. The summed E-state index contributed by atoms with van der Waals surface area (Å²) in [6.45, 7) is 6.81. The maximum absolute atomic E-state index is 12.1. The number of nitrogens with one attached hydrogen (secondary N) is 4. The van der Waals surface area contributed by atoms with Crippen LogP contribution in [0.15, 0.2) is 48.5 Å². The van der Waals surface area contributed by atoms with Gasteiger partial charge in [0, 0.05) is 24.5 Å². The lowest BCUT2D eigenvalue weighted by Crippen LogP contribution is -2.37. The van der Waals surface area contributed by atoms with E-state index in [-0.39, 0.29) is 12.1 Å². The first kappa shape index (κ1) is 31.7. The molecule has 0 aliphatic rings. The highest BCUT2D eigenvalue weighted by Crippen LogP contribution is 2.22. The first-order valence-electron chi connectivity index (χ1n) is 12.9. The molecule has 12 nitrogen and oxygen atoms in total. The number of anilines is 2. The first-order chi connectivity index (χ1) is 18.8. The largest absolute Gasteiger partial charge is 0.478 e. The van der Waals surface area contributed by atoms with Crippen LogP contribution in [-0.4, -0.2) is 58.5 Å². The van der Waals surface area contributed by atoms with Gasteiger partial charge in [-0.05, 0) is 89.1 Å². The lowest BCUT2D eigenvalue weighted by Gasteiger charge is -2.21. The molecule has 0 aromatic heterocycles. The van der Waals surface area contributed by atoms with Crippen LogP contribution in [0.5, 0.6) is 11.5 Å². The van der Waals surface area contributed by atoms with Gasteiger partial charge in [-0.3, -0.25) is 0 Å². The summed E-state index contributed by atoms with van der Waals surface area (Å²) in [5.41, 5.74) is -1.62. The van der Waals surface area contributed by atoms with Crippen LogP contribution in [0.4, 0.5) is 21.0 Å². The van der Waals surface area contributed by atoms with Crippen molar-refractivity contribution in [2.75, 3.05) is 23.7 Å². The molecule has 4 amide bonds. The Morgan fingerprint density at radius 1 is 0.600 bits per heavy atom. The third kappa shape index (κ3) is 11.1. The first-order valence-corrected chi connectivity index (χ1v) is 12.9. The number of carbonyl (C=O) groups is 4. The van der Waals surface area contributed by atoms with Gasteiger partial charge in [0.05, 0.1) is 0 Å². The topological polar surface area (TPSA) is 175 Å². The van der Waals surface area contributed by atoms with Gasteiger partial charge in [-0.2, -0.15) is 0 Å². The van der Waals surface area contributed by atoms with Crippen molar-refractivity contribution in [3.05, 3.63) is 48.5 Å². The Morgan fingerprint density at radius 3 is 1.23 bits per heavy atom. The van der Waals surface area contributed by atoms with Crippen molar-refractivity contribution in [1.29, 1.82) is 0 Å². The molecule has 218 valence electrons. The summed E-state index contributed by atoms with van der Waals surface area (Å²) in [4.78, 5) is 46.4. The number of carboxylic acids is 2. The third-order valence-corrected chi connectivity index (χ3v) is 5.68. The van der Waals surface area contributed by atoms with E-state index in [0.717, 1.165) is 25.7 Å². The molecule has 2 aromatic carbocycles. The number of aliphatic carboxylic acids is 2. The molecule has 2 rings (SSSR count). The molecule has 0 saturated heterocycles. The molecule has 0 spiro atoms. The Hall–Kier alpha value is -4.48. The van der Waals surface area contributed by atoms with E-state index in [1.165, 1.54) is 27.7 Å². The van der Waals surface area contributed by atoms with Gasteiger partial charge in [0.15, 0.2) is 11.2 Å². The van der Waals surface area contributed by atoms with Crippen molar-refractivity contribution in [2.24, 2.45) is 0 Å². The monoisotopic (exact) mass is 558 g/mol. The SMILES string of the molecule is CC(C)(Oc1ccc(NC(=O)NCCCCCCNC(=O)Nc2ccc(OC(C)(C)C(=O)O)cc2)cc1)C(=O)O. The van der Waals surface area contributed by atoms with Gasteiger partial charge < -0.3 is 41.0 Å². The van der Waals surface area contributed by atoms with Gasteiger partial charge in [-0.1, -0.05) is 12.8 Å². The Morgan fingerprint density at radius 2 is 0.925 bits per heavy atom. The molecule has 0 heterocycles. The van der Waals surface area contributed by atoms with E-state index in [0.29, 0.717) is 36.0 Å². The average Bonchev–Trinajstić information content (AvgIpc) is 2.87. The Balaban J connectivity index is 1.55. The molecule has 0 saturated carbocycles. The minimum Gasteiger partial charge on any atom is -0.478 e. The number of unbranched alkanes of at least 4 members (excludes halogenated alkanes) is 3. The zero-order valence-electron chi connectivity index (χ0n) is 23.2. The smallest absolute Gasteiger partial charge is 0.347 e. The molecule has 0 atom stereocenters. The Labute approximate surface area is 233 Å². The van der Waals surface area contributed by atoms with Gasteiger partial charge in [0.2, 0.25) is 0 Å². The summed E-state index contributed by atoms with van der Waals surface area (Å²) in [7, 11) is 0. The minimum atomic E-state index is -1.36. The molecule has 2 aromatic rings. The molecule has 0 aliphatic heterocycles. The highest BCUT2D eigenvalue weighted by molar-refractivity contribution is 5.89. The van der Waals surface area contributed by atoms with E-state index < -0.39 is 23.1 Å². The fraction of sp³-hybridized carbons (Fsp3) is 0.429. The standard InChI is InChI=1S/C28H38N4O8/c1-27(2,23(33)34)39-21-13-9-19(10-14-21)31-25(37)29-17-7-5-6-8-18-30-26(38)32-20-11-15-22(16-12-20)40-28(3,4)24(35)36/h9-16H,5-8,17-18H2,1-4H3,(H,33,34)(H,35,36)(H2,29,31,37)(H2,30,32,38). The summed E-state index contributed by atoms with van der Waals surface area (Å²) in [6, 6.07) is 12.2. The van der Waals surface area contributed by atoms with Crippen molar-refractivity contribution < 1.29 is 38.9 Å². The molecule has 0 radical (unpaired) electrons. The van der Waals surface area contributed by atoms with Crippen LogP contribution < -0.4 is 30.7 Å². The van der Waals surface area contributed by atoms with Crippen LogP contribution >= 0.6 is 0 Å². The molecule has 0 unspecified atom stereocenters. The second-order valence-electron chi connectivity index (χ2n) is 10.1. The minimum absolute atomic E-state index is 0.344. The summed E-state index contributed by atoms with van der Waals surface area (Å²) >= 11 is 0. The number of amides is 4. The Kier molecular flexibility index (Phi) is 11.6. The fourth-order valence-corrected chi connectivity index (χ4v) is 3.25. The average molecular weight is 559 g/mol. The zero-order valence-corrected chi connectivity index (χ0v) is 23.2. The molecule has 40 heavy (non-hydrogen) atoms. The maximum atomic E-state index is 12.1. The van der Waals surface area contributed by atoms with Crippen LogP contribution in [0.1, 0.15) is 53.4 Å². The van der Waals surface area contributed by atoms with Gasteiger partial charge >= 0.3 is 24.0 Å². The summed E-state index contributed by atoms with van der Waals surface area (Å²) < 4.78 is 10.9. The summed E-state index contributed by atoms with van der Waals surface area (Å²) in [5.74, 6) is -1.39. The van der Waals surface area contributed by atoms with Crippen LogP contribution in [0.2, 0.25) is 0 Å².